The maximum Gasteiger partial charge on any atom is 0.257 e. The van der Waals surface area contributed by atoms with Gasteiger partial charge in [-0.05, 0) is 42.3 Å². The first kappa shape index (κ1) is 16.5. The minimum absolute atomic E-state index is 0.0402. The molecule has 0 aromatic heterocycles. The molecule has 0 bridgehead atoms. The van der Waals surface area contributed by atoms with E-state index in [-0.39, 0.29) is 12.5 Å². The van der Waals surface area contributed by atoms with Crippen molar-refractivity contribution in [3.8, 4) is 17.2 Å². The van der Waals surface area contributed by atoms with Gasteiger partial charge in [-0.3, -0.25) is 4.79 Å². The molecular formula is C18H18ClNO4. The molecule has 6 heteroatoms. The number of ether oxygens (including phenoxy) is 3. The average molecular weight is 348 g/mol. The number of rotatable bonds is 6. The second-order valence-electron chi connectivity index (χ2n) is 5.32. The maximum absolute atomic E-state index is 11.8. The van der Waals surface area contributed by atoms with E-state index in [1.807, 2.05) is 18.2 Å². The van der Waals surface area contributed by atoms with Crippen LogP contribution in [0.3, 0.4) is 0 Å². The summed E-state index contributed by atoms with van der Waals surface area (Å²) in [6, 6.07) is 12.8. The molecule has 1 heterocycles. The summed E-state index contributed by atoms with van der Waals surface area (Å²) in [5, 5.41) is 3.40. The van der Waals surface area contributed by atoms with E-state index in [4.69, 9.17) is 25.8 Å². The van der Waals surface area contributed by atoms with Gasteiger partial charge in [0.1, 0.15) is 19.0 Å². The van der Waals surface area contributed by atoms with Gasteiger partial charge in [0.15, 0.2) is 18.1 Å². The number of carbonyl (C=O) groups is 1. The molecule has 0 spiro atoms. The van der Waals surface area contributed by atoms with Crippen molar-refractivity contribution < 1.29 is 19.0 Å². The first-order valence-electron chi connectivity index (χ1n) is 7.74. The minimum atomic E-state index is -0.174. The highest BCUT2D eigenvalue weighted by Crippen LogP contribution is 2.30. The van der Waals surface area contributed by atoms with Crippen LogP contribution in [0.4, 0.5) is 0 Å². The Kier molecular flexibility index (Phi) is 5.43. The molecule has 0 atom stereocenters. The van der Waals surface area contributed by atoms with E-state index in [2.05, 4.69) is 5.32 Å². The van der Waals surface area contributed by atoms with Crippen molar-refractivity contribution in [3.63, 3.8) is 0 Å². The fraction of sp³-hybridized carbons (Fsp3) is 0.278. The van der Waals surface area contributed by atoms with Gasteiger partial charge in [0, 0.05) is 11.6 Å². The first-order chi connectivity index (χ1) is 11.7. The van der Waals surface area contributed by atoms with Crippen LogP contribution < -0.4 is 19.5 Å². The molecule has 2 aromatic carbocycles. The highest BCUT2D eigenvalue weighted by molar-refractivity contribution is 6.30. The largest absolute Gasteiger partial charge is 0.486 e. The molecule has 1 N–H and O–H groups in total. The molecule has 2 aromatic rings. The van der Waals surface area contributed by atoms with E-state index >= 15 is 0 Å². The van der Waals surface area contributed by atoms with Gasteiger partial charge in [-0.2, -0.15) is 0 Å². The summed E-state index contributed by atoms with van der Waals surface area (Å²) in [5.74, 6) is 1.93. The van der Waals surface area contributed by atoms with Crippen LogP contribution in [-0.2, 0) is 11.2 Å². The maximum atomic E-state index is 11.8. The standard InChI is InChI=1S/C18H18ClNO4/c19-14-2-1-3-15(11-14)24-12-18(21)20-7-6-13-4-5-16-17(10-13)23-9-8-22-16/h1-5,10-11H,6-9,12H2,(H,20,21). The number of hydrogen-bond acceptors (Lipinski definition) is 4. The van der Waals surface area contributed by atoms with Crippen LogP contribution in [0.25, 0.3) is 0 Å². The Morgan fingerprint density at radius 2 is 1.96 bits per heavy atom. The van der Waals surface area contributed by atoms with Crippen LogP contribution in [0.15, 0.2) is 42.5 Å². The number of hydrogen-bond donors (Lipinski definition) is 1. The highest BCUT2D eigenvalue weighted by Gasteiger charge is 2.11. The number of amides is 1. The second kappa shape index (κ2) is 7.93. The van der Waals surface area contributed by atoms with Crippen LogP contribution in [0.2, 0.25) is 5.02 Å². The summed E-state index contributed by atoms with van der Waals surface area (Å²) >= 11 is 5.86. The van der Waals surface area contributed by atoms with Gasteiger partial charge in [-0.25, -0.2) is 0 Å². The summed E-state index contributed by atoms with van der Waals surface area (Å²) in [4.78, 5) is 11.8. The van der Waals surface area contributed by atoms with Crippen molar-refractivity contribution in [1.29, 1.82) is 0 Å². The molecule has 1 amide bonds. The summed E-state index contributed by atoms with van der Waals surface area (Å²) in [6.07, 6.45) is 0.708. The van der Waals surface area contributed by atoms with E-state index in [0.29, 0.717) is 37.0 Å². The molecule has 5 nitrogen and oxygen atoms in total. The monoisotopic (exact) mass is 347 g/mol. The zero-order valence-corrected chi connectivity index (χ0v) is 13.8. The Morgan fingerprint density at radius 3 is 2.79 bits per heavy atom. The molecule has 126 valence electrons. The van der Waals surface area contributed by atoms with E-state index in [0.717, 1.165) is 17.1 Å². The summed E-state index contributed by atoms with van der Waals surface area (Å²) in [5.41, 5.74) is 1.08. The van der Waals surface area contributed by atoms with Crippen molar-refractivity contribution in [3.05, 3.63) is 53.1 Å². The second-order valence-corrected chi connectivity index (χ2v) is 5.76. The Bertz CT molecular complexity index is 720. The van der Waals surface area contributed by atoms with E-state index < -0.39 is 0 Å². The fourth-order valence-electron chi connectivity index (χ4n) is 2.35. The van der Waals surface area contributed by atoms with Gasteiger partial charge in [-0.15, -0.1) is 0 Å². The van der Waals surface area contributed by atoms with Crippen molar-refractivity contribution >= 4 is 17.5 Å². The smallest absolute Gasteiger partial charge is 0.257 e. The first-order valence-corrected chi connectivity index (χ1v) is 8.12. The highest BCUT2D eigenvalue weighted by atomic mass is 35.5. The lowest BCUT2D eigenvalue weighted by Crippen LogP contribution is -2.30. The molecule has 24 heavy (non-hydrogen) atoms. The van der Waals surface area contributed by atoms with Crippen LogP contribution in [0, 0.1) is 0 Å². The molecule has 0 fully saturated rings. The lowest BCUT2D eigenvalue weighted by atomic mass is 10.1. The Hall–Kier alpha value is -2.40. The zero-order chi connectivity index (χ0) is 16.8. The predicted molar refractivity (Wildman–Crippen MR) is 91.1 cm³/mol. The van der Waals surface area contributed by atoms with Crippen LogP contribution >= 0.6 is 11.6 Å². The fourth-order valence-corrected chi connectivity index (χ4v) is 2.53. The quantitative estimate of drug-likeness (QED) is 0.873. The summed E-state index contributed by atoms with van der Waals surface area (Å²) < 4.78 is 16.4. The number of fused-ring (bicyclic) bond motifs is 1. The number of carbonyl (C=O) groups excluding carboxylic acids is 1. The lowest BCUT2D eigenvalue weighted by molar-refractivity contribution is -0.123. The van der Waals surface area contributed by atoms with Crippen molar-refractivity contribution in [1.82, 2.24) is 5.32 Å². The van der Waals surface area contributed by atoms with Gasteiger partial charge >= 0.3 is 0 Å². The van der Waals surface area contributed by atoms with Gasteiger partial charge in [0.05, 0.1) is 0 Å². The van der Waals surface area contributed by atoms with Gasteiger partial charge in [0.25, 0.3) is 5.91 Å². The number of nitrogens with one attached hydrogen (secondary N) is 1. The van der Waals surface area contributed by atoms with Gasteiger partial charge in [0.2, 0.25) is 0 Å². The lowest BCUT2D eigenvalue weighted by Gasteiger charge is -2.18. The van der Waals surface area contributed by atoms with Gasteiger partial charge in [-0.1, -0.05) is 23.7 Å². The van der Waals surface area contributed by atoms with E-state index in [1.54, 1.807) is 24.3 Å². The Morgan fingerprint density at radius 1 is 1.12 bits per heavy atom. The molecule has 1 aliphatic rings. The normalized spacial score (nSPS) is 12.5. The third kappa shape index (κ3) is 4.55. The molecule has 0 unspecified atom stereocenters. The zero-order valence-electron chi connectivity index (χ0n) is 13.1. The minimum Gasteiger partial charge on any atom is -0.486 e. The summed E-state index contributed by atoms with van der Waals surface area (Å²) in [7, 11) is 0. The van der Waals surface area contributed by atoms with E-state index in [1.165, 1.54) is 0 Å². The number of benzene rings is 2. The molecule has 0 aliphatic carbocycles. The predicted octanol–water partition coefficient (Wildman–Crippen LogP) is 2.85. The molecule has 3 rings (SSSR count). The van der Waals surface area contributed by atoms with Crippen LogP contribution in [0.1, 0.15) is 5.56 Å². The SMILES string of the molecule is O=C(COc1cccc(Cl)c1)NCCc1ccc2c(c1)OCCO2. The molecule has 0 saturated carbocycles. The van der Waals surface area contributed by atoms with Crippen LogP contribution in [-0.4, -0.2) is 32.3 Å². The molecule has 0 radical (unpaired) electrons. The molecule has 1 aliphatic heterocycles. The third-order valence-corrected chi connectivity index (χ3v) is 3.74. The summed E-state index contributed by atoms with van der Waals surface area (Å²) in [6.45, 7) is 1.63. The Balaban J connectivity index is 1.42. The molecular weight excluding hydrogens is 330 g/mol. The molecule has 0 saturated heterocycles. The van der Waals surface area contributed by atoms with Crippen molar-refractivity contribution in [2.75, 3.05) is 26.4 Å². The Labute approximate surface area is 145 Å². The van der Waals surface area contributed by atoms with Crippen molar-refractivity contribution in [2.45, 2.75) is 6.42 Å². The van der Waals surface area contributed by atoms with Crippen LogP contribution in [0.5, 0.6) is 17.2 Å². The topological polar surface area (TPSA) is 56.8 Å². The average Bonchev–Trinajstić information content (AvgIpc) is 2.60. The third-order valence-electron chi connectivity index (χ3n) is 3.51. The van der Waals surface area contributed by atoms with Crippen molar-refractivity contribution in [2.24, 2.45) is 0 Å². The number of halogens is 1. The van der Waals surface area contributed by atoms with Gasteiger partial charge < -0.3 is 19.5 Å². The van der Waals surface area contributed by atoms with E-state index in [9.17, 15) is 4.79 Å².